The van der Waals surface area contributed by atoms with Crippen molar-refractivity contribution >= 4 is 52.1 Å². The molecule has 0 aliphatic heterocycles. The molecule has 0 bridgehead atoms. The second-order valence-corrected chi connectivity index (χ2v) is 6.29. The Hall–Kier alpha value is 0.830. The van der Waals surface area contributed by atoms with Gasteiger partial charge in [0.1, 0.15) is 0 Å². The van der Waals surface area contributed by atoms with E-state index in [1.54, 1.807) is 0 Å². The van der Waals surface area contributed by atoms with Crippen molar-refractivity contribution in [2.24, 2.45) is 4.99 Å². The third kappa shape index (κ3) is 2.44. The SMILES string of the molecule is CCC(C)N=C1C(Cl)(Cl)CC1(Cl)Cl. The van der Waals surface area contributed by atoms with Crippen LogP contribution < -0.4 is 0 Å². The van der Waals surface area contributed by atoms with Crippen molar-refractivity contribution in [1.29, 1.82) is 0 Å². The zero-order valence-electron chi connectivity index (χ0n) is 7.45. The molecule has 1 saturated carbocycles. The summed E-state index contributed by atoms with van der Waals surface area (Å²) in [5.41, 5.74) is 0.487. The second kappa shape index (κ2) is 3.77. The van der Waals surface area contributed by atoms with Crippen LogP contribution in [-0.4, -0.2) is 20.4 Å². The Labute approximate surface area is 98.4 Å². The monoisotopic (exact) mass is 261 g/mol. The number of alkyl halides is 4. The summed E-state index contributed by atoms with van der Waals surface area (Å²) in [6, 6.07) is 0.157. The van der Waals surface area contributed by atoms with Crippen molar-refractivity contribution in [2.75, 3.05) is 0 Å². The highest BCUT2D eigenvalue weighted by Crippen LogP contribution is 2.53. The molecule has 0 aromatic carbocycles. The van der Waals surface area contributed by atoms with Crippen LogP contribution in [0.1, 0.15) is 26.7 Å². The molecule has 0 N–H and O–H groups in total. The topological polar surface area (TPSA) is 12.4 Å². The molecule has 0 amide bonds. The first kappa shape index (κ1) is 11.9. The van der Waals surface area contributed by atoms with Gasteiger partial charge in [-0.05, 0) is 13.3 Å². The number of halogens is 4. The second-order valence-electron chi connectivity index (χ2n) is 3.32. The normalized spacial score (nSPS) is 26.5. The molecule has 1 nitrogen and oxygen atoms in total. The maximum Gasteiger partial charge on any atom is 0.161 e. The molecule has 0 radical (unpaired) electrons. The highest BCUT2D eigenvalue weighted by Gasteiger charge is 2.58. The molecule has 1 fully saturated rings. The third-order valence-electron chi connectivity index (χ3n) is 2.08. The Morgan fingerprint density at radius 2 is 1.77 bits per heavy atom. The van der Waals surface area contributed by atoms with E-state index in [-0.39, 0.29) is 6.04 Å². The number of nitrogens with zero attached hydrogens (tertiary/aromatic N) is 1. The smallest absolute Gasteiger partial charge is 0.161 e. The lowest BCUT2D eigenvalue weighted by Crippen LogP contribution is -2.55. The van der Waals surface area contributed by atoms with Gasteiger partial charge in [0.15, 0.2) is 8.67 Å². The van der Waals surface area contributed by atoms with Crippen molar-refractivity contribution in [2.45, 2.75) is 41.4 Å². The minimum atomic E-state index is -0.965. The lowest BCUT2D eigenvalue weighted by atomic mass is 9.93. The van der Waals surface area contributed by atoms with Crippen molar-refractivity contribution < 1.29 is 0 Å². The van der Waals surface area contributed by atoms with Gasteiger partial charge in [0, 0.05) is 12.5 Å². The maximum atomic E-state index is 5.92. The van der Waals surface area contributed by atoms with Gasteiger partial charge in [-0.3, -0.25) is 4.99 Å². The van der Waals surface area contributed by atoms with Crippen LogP contribution in [0.15, 0.2) is 4.99 Å². The Morgan fingerprint density at radius 3 is 2.08 bits per heavy atom. The van der Waals surface area contributed by atoms with Crippen LogP contribution in [0.4, 0.5) is 0 Å². The van der Waals surface area contributed by atoms with E-state index in [2.05, 4.69) is 4.99 Å². The highest BCUT2D eigenvalue weighted by molar-refractivity contribution is 6.74. The van der Waals surface area contributed by atoms with Crippen LogP contribution in [0.3, 0.4) is 0 Å². The number of hydrogen-bond donors (Lipinski definition) is 0. The summed E-state index contributed by atoms with van der Waals surface area (Å²) in [6.07, 6.45) is 1.25. The molecular formula is C8H11Cl4N. The summed E-state index contributed by atoms with van der Waals surface area (Å²) in [5, 5.41) is 0. The molecular weight excluding hydrogens is 252 g/mol. The van der Waals surface area contributed by atoms with E-state index in [1.165, 1.54) is 0 Å². The van der Waals surface area contributed by atoms with E-state index in [1.807, 2.05) is 13.8 Å². The lowest BCUT2D eigenvalue weighted by Gasteiger charge is -2.43. The molecule has 1 atom stereocenters. The molecule has 5 heteroatoms. The van der Waals surface area contributed by atoms with Crippen LogP contribution >= 0.6 is 46.4 Å². The Balaban J connectivity index is 2.82. The molecule has 1 aliphatic carbocycles. The Kier molecular flexibility index (Phi) is 3.45. The van der Waals surface area contributed by atoms with Crippen molar-refractivity contribution in [3.8, 4) is 0 Å². The molecule has 76 valence electrons. The zero-order valence-corrected chi connectivity index (χ0v) is 10.5. The highest BCUT2D eigenvalue weighted by atomic mass is 35.5. The average Bonchev–Trinajstić information content (AvgIpc) is 1.97. The van der Waals surface area contributed by atoms with Gasteiger partial charge in [-0.25, -0.2) is 0 Å². The first-order valence-electron chi connectivity index (χ1n) is 4.14. The van der Waals surface area contributed by atoms with Crippen molar-refractivity contribution in [1.82, 2.24) is 0 Å². The van der Waals surface area contributed by atoms with Crippen LogP contribution in [0.5, 0.6) is 0 Å². The molecule has 0 heterocycles. The van der Waals surface area contributed by atoms with Gasteiger partial charge in [0.05, 0.1) is 5.71 Å². The van der Waals surface area contributed by atoms with Crippen molar-refractivity contribution in [3.05, 3.63) is 0 Å². The predicted octanol–water partition coefficient (Wildman–Crippen LogP) is 3.98. The minimum Gasteiger partial charge on any atom is -0.285 e. The van der Waals surface area contributed by atoms with Gasteiger partial charge in [-0.15, -0.1) is 0 Å². The molecule has 0 saturated heterocycles. The van der Waals surface area contributed by atoms with Gasteiger partial charge in [-0.1, -0.05) is 53.3 Å². The fraction of sp³-hybridized carbons (Fsp3) is 0.875. The summed E-state index contributed by atoms with van der Waals surface area (Å²) >= 11 is 23.7. The predicted molar refractivity (Wildman–Crippen MR) is 60.7 cm³/mol. The van der Waals surface area contributed by atoms with Crippen molar-refractivity contribution in [3.63, 3.8) is 0 Å². The van der Waals surface area contributed by atoms with Crippen LogP contribution in [0, 0.1) is 0 Å². The summed E-state index contributed by atoms with van der Waals surface area (Å²) in [4.78, 5) is 4.30. The lowest BCUT2D eigenvalue weighted by molar-refractivity contribution is 0.657. The number of rotatable bonds is 2. The largest absolute Gasteiger partial charge is 0.285 e. The molecule has 1 aliphatic rings. The van der Waals surface area contributed by atoms with Gasteiger partial charge < -0.3 is 0 Å². The van der Waals surface area contributed by atoms with Gasteiger partial charge in [0.2, 0.25) is 0 Å². The zero-order chi connectivity index (χ0) is 10.3. The summed E-state index contributed by atoms with van der Waals surface area (Å²) < 4.78 is -1.93. The summed E-state index contributed by atoms with van der Waals surface area (Å²) in [7, 11) is 0. The quantitative estimate of drug-likeness (QED) is 0.668. The van der Waals surface area contributed by atoms with E-state index < -0.39 is 8.67 Å². The molecule has 13 heavy (non-hydrogen) atoms. The first-order chi connectivity index (χ1) is 5.79. The Morgan fingerprint density at radius 1 is 1.31 bits per heavy atom. The first-order valence-corrected chi connectivity index (χ1v) is 5.65. The van der Waals surface area contributed by atoms with E-state index in [4.69, 9.17) is 46.4 Å². The van der Waals surface area contributed by atoms with E-state index >= 15 is 0 Å². The van der Waals surface area contributed by atoms with E-state index in [0.29, 0.717) is 12.1 Å². The third-order valence-corrected chi connectivity index (χ3v) is 3.33. The summed E-state index contributed by atoms with van der Waals surface area (Å²) in [6.45, 7) is 4.00. The van der Waals surface area contributed by atoms with E-state index in [0.717, 1.165) is 6.42 Å². The molecule has 1 unspecified atom stereocenters. The maximum absolute atomic E-state index is 5.92. The molecule has 0 aromatic rings. The fourth-order valence-electron chi connectivity index (χ4n) is 1.11. The molecule has 0 aromatic heterocycles. The summed E-state index contributed by atoms with van der Waals surface area (Å²) in [5.74, 6) is 0. The standard InChI is InChI=1S/C8H11Cl4N/c1-3-5(2)13-6-7(9,10)4-8(6,11)12/h5H,3-4H2,1-2H3. The van der Waals surface area contributed by atoms with Gasteiger partial charge >= 0.3 is 0 Å². The van der Waals surface area contributed by atoms with E-state index in [9.17, 15) is 0 Å². The molecule has 1 rings (SSSR count). The van der Waals surface area contributed by atoms with Crippen LogP contribution in [0.25, 0.3) is 0 Å². The van der Waals surface area contributed by atoms with Crippen LogP contribution in [0.2, 0.25) is 0 Å². The number of hydrogen-bond acceptors (Lipinski definition) is 1. The fourth-order valence-corrected chi connectivity index (χ4v) is 3.22. The van der Waals surface area contributed by atoms with Gasteiger partial charge in [0.25, 0.3) is 0 Å². The average molecular weight is 263 g/mol. The molecule has 0 spiro atoms. The Bertz CT molecular complexity index is 218. The number of aliphatic imine (C=N–C) groups is 1. The van der Waals surface area contributed by atoms with Crippen LogP contribution in [-0.2, 0) is 0 Å². The van der Waals surface area contributed by atoms with Gasteiger partial charge in [-0.2, -0.15) is 0 Å². The minimum absolute atomic E-state index is 0.157.